The van der Waals surface area contributed by atoms with Gasteiger partial charge in [-0.05, 0) is 42.3 Å². The van der Waals surface area contributed by atoms with Crippen molar-refractivity contribution in [3.05, 3.63) is 36.2 Å². The summed E-state index contributed by atoms with van der Waals surface area (Å²) in [5, 5.41) is 12.2. The molecule has 0 aliphatic heterocycles. The first-order valence-corrected chi connectivity index (χ1v) is 8.39. The normalized spacial score (nSPS) is 11.3. The molecule has 0 atom stereocenters. The fourth-order valence-corrected chi connectivity index (χ4v) is 4.04. The summed E-state index contributed by atoms with van der Waals surface area (Å²) in [4.78, 5) is 8.64. The molecule has 6 nitrogen and oxygen atoms in total. The Balaban J connectivity index is 1.76. The molecule has 0 aliphatic carbocycles. The van der Waals surface area contributed by atoms with Gasteiger partial charge in [-0.25, -0.2) is 9.97 Å². The van der Waals surface area contributed by atoms with Crippen LogP contribution in [0.5, 0.6) is 0 Å². The summed E-state index contributed by atoms with van der Waals surface area (Å²) in [6.07, 6.45) is 3.22. The molecule has 0 bridgehead atoms. The Morgan fingerprint density at radius 2 is 2.23 bits per heavy atom. The Morgan fingerprint density at radius 1 is 1.27 bits per heavy atom. The fraction of sp³-hybridized carbons (Fsp3) is 0.143. The van der Waals surface area contributed by atoms with E-state index in [2.05, 4.69) is 27.1 Å². The van der Waals surface area contributed by atoms with Crippen LogP contribution in [0.2, 0.25) is 0 Å². The summed E-state index contributed by atoms with van der Waals surface area (Å²) >= 11 is 3.13. The van der Waals surface area contributed by atoms with Crippen LogP contribution in [0.3, 0.4) is 0 Å². The molecule has 0 unspecified atom stereocenters. The average Bonchev–Trinajstić information content (AvgIpc) is 3.27. The highest BCUT2D eigenvalue weighted by atomic mass is 32.2. The first-order valence-electron chi connectivity index (χ1n) is 6.70. The van der Waals surface area contributed by atoms with Crippen LogP contribution in [0.15, 0.2) is 50.8 Å². The summed E-state index contributed by atoms with van der Waals surface area (Å²) in [5.74, 6) is 1.44. The van der Waals surface area contributed by atoms with Crippen LogP contribution < -0.4 is 0 Å². The molecule has 0 aromatic carbocycles. The van der Waals surface area contributed by atoms with Gasteiger partial charge in [0, 0.05) is 6.54 Å². The molecular weight excluding hydrogens is 318 g/mol. The second kappa shape index (κ2) is 5.54. The molecular formula is C14H11N5OS2. The zero-order valence-electron chi connectivity index (χ0n) is 11.6. The number of thiophene rings is 1. The molecule has 4 aromatic heterocycles. The van der Waals surface area contributed by atoms with E-state index in [0.717, 1.165) is 32.8 Å². The van der Waals surface area contributed by atoms with Gasteiger partial charge in [0.1, 0.15) is 11.4 Å². The molecule has 4 rings (SSSR count). The number of rotatable bonds is 4. The number of nitrogens with zero attached hydrogens (tertiary/aromatic N) is 5. The predicted octanol–water partition coefficient (Wildman–Crippen LogP) is 3.71. The van der Waals surface area contributed by atoms with Crippen LogP contribution >= 0.6 is 23.1 Å². The van der Waals surface area contributed by atoms with Gasteiger partial charge in [0.15, 0.2) is 16.7 Å². The summed E-state index contributed by atoms with van der Waals surface area (Å²) in [7, 11) is 0. The van der Waals surface area contributed by atoms with Gasteiger partial charge in [-0.15, -0.1) is 21.5 Å². The molecule has 0 amide bonds. The highest BCUT2D eigenvalue weighted by molar-refractivity contribution is 7.99. The Hall–Kier alpha value is -2.19. The van der Waals surface area contributed by atoms with Crippen molar-refractivity contribution in [3.63, 3.8) is 0 Å². The van der Waals surface area contributed by atoms with Crippen molar-refractivity contribution in [2.75, 3.05) is 0 Å². The molecule has 0 saturated carbocycles. The molecule has 0 aliphatic rings. The van der Waals surface area contributed by atoms with E-state index in [1.165, 1.54) is 11.8 Å². The van der Waals surface area contributed by atoms with Gasteiger partial charge in [0.2, 0.25) is 0 Å². The smallest absolute Gasteiger partial charge is 0.200 e. The lowest BCUT2D eigenvalue weighted by molar-refractivity contribution is 0.567. The Labute approximate surface area is 134 Å². The lowest BCUT2D eigenvalue weighted by Crippen LogP contribution is -1.99. The van der Waals surface area contributed by atoms with Crippen molar-refractivity contribution in [2.45, 2.75) is 23.7 Å². The van der Waals surface area contributed by atoms with Crippen molar-refractivity contribution in [3.8, 4) is 11.6 Å². The second-order valence-corrected chi connectivity index (χ2v) is 6.32. The fourth-order valence-electron chi connectivity index (χ4n) is 2.16. The zero-order valence-corrected chi connectivity index (χ0v) is 13.3. The van der Waals surface area contributed by atoms with Gasteiger partial charge in [-0.2, -0.15) is 0 Å². The Morgan fingerprint density at radius 3 is 3.05 bits per heavy atom. The topological polar surface area (TPSA) is 69.6 Å². The van der Waals surface area contributed by atoms with Crippen molar-refractivity contribution < 1.29 is 4.42 Å². The number of fused-ring (bicyclic) bond motifs is 1. The number of hydrogen-bond donors (Lipinski definition) is 0. The van der Waals surface area contributed by atoms with Gasteiger partial charge in [0.05, 0.1) is 16.5 Å². The van der Waals surface area contributed by atoms with Crippen molar-refractivity contribution in [2.24, 2.45) is 0 Å². The largest absolute Gasteiger partial charge is 0.461 e. The van der Waals surface area contributed by atoms with Crippen LogP contribution in [0.1, 0.15) is 6.92 Å². The minimum absolute atomic E-state index is 0.713. The summed E-state index contributed by atoms with van der Waals surface area (Å²) in [6, 6.07) is 5.72. The van der Waals surface area contributed by atoms with Crippen LogP contribution in [-0.2, 0) is 6.54 Å². The monoisotopic (exact) mass is 329 g/mol. The van der Waals surface area contributed by atoms with E-state index in [0.29, 0.717) is 5.76 Å². The first-order chi connectivity index (χ1) is 10.9. The van der Waals surface area contributed by atoms with Gasteiger partial charge in [-0.3, -0.25) is 4.57 Å². The van der Waals surface area contributed by atoms with Crippen molar-refractivity contribution in [1.82, 2.24) is 24.7 Å². The third kappa shape index (κ3) is 2.20. The van der Waals surface area contributed by atoms with Crippen LogP contribution in [-0.4, -0.2) is 24.7 Å². The van der Waals surface area contributed by atoms with E-state index in [-0.39, 0.29) is 0 Å². The van der Waals surface area contributed by atoms with E-state index in [9.17, 15) is 0 Å². The lowest BCUT2D eigenvalue weighted by atomic mass is 10.4. The Kier molecular flexibility index (Phi) is 3.39. The highest BCUT2D eigenvalue weighted by Gasteiger charge is 2.17. The summed E-state index contributed by atoms with van der Waals surface area (Å²) < 4.78 is 8.51. The quantitative estimate of drug-likeness (QED) is 0.532. The molecule has 0 radical (unpaired) electrons. The van der Waals surface area contributed by atoms with Crippen LogP contribution in [0.4, 0.5) is 0 Å². The molecule has 0 fully saturated rings. The van der Waals surface area contributed by atoms with Gasteiger partial charge in [0.25, 0.3) is 0 Å². The van der Waals surface area contributed by atoms with Gasteiger partial charge >= 0.3 is 0 Å². The zero-order chi connectivity index (χ0) is 14.9. The Bertz CT molecular complexity index is 913. The lowest BCUT2D eigenvalue weighted by Gasteiger charge is -2.05. The molecule has 0 spiro atoms. The maximum Gasteiger partial charge on any atom is 0.200 e. The standard InChI is InChI=1S/C14H11N5OS2/c1-2-19-12(10-4-3-6-20-10)17-18-14(19)22-13-11-9(5-7-21-11)15-8-16-13/h3-8H,2H2,1H3. The van der Waals surface area contributed by atoms with Crippen molar-refractivity contribution in [1.29, 1.82) is 0 Å². The predicted molar refractivity (Wildman–Crippen MR) is 84.9 cm³/mol. The summed E-state index contributed by atoms with van der Waals surface area (Å²) in [6.45, 7) is 2.81. The third-order valence-electron chi connectivity index (χ3n) is 3.17. The summed E-state index contributed by atoms with van der Waals surface area (Å²) in [5.41, 5.74) is 0.955. The van der Waals surface area contributed by atoms with E-state index < -0.39 is 0 Å². The van der Waals surface area contributed by atoms with Crippen LogP contribution in [0, 0.1) is 0 Å². The maximum absolute atomic E-state index is 5.43. The molecule has 0 saturated heterocycles. The minimum atomic E-state index is 0.713. The molecule has 4 heterocycles. The molecule has 4 aromatic rings. The molecule has 22 heavy (non-hydrogen) atoms. The van der Waals surface area contributed by atoms with Crippen molar-refractivity contribution >= 4 is 33.3 Å². The molecule has 0 N–H and O–H groups in total. The molecule has 110 valence electrons. The second-order valence-electron chi connectivity index (χ2n) is 4.44. The van der Waals surface area contributed by atoms with Crippen LogP contribution in [0.25, 0.3) is 21.8 Å². The highest BCUT2D eigenvalue weighted by Crippen LogP contribution is 2.34. The minimum Gasteiger partial charge on any atom is -0.461 e. The van der Waals surface area contributed by atoms with Gasteiger partial charge < -0.3 is 4.42 Å². The van der Waals surface area contributed by atoms with Gasteiger partial charge in [-0.1, -0.05) is 0 Å². The average molecular weight is 329 g/mol. The van der Waals surface area contributed by atoms with E-state index in [1.807, 2.05) is 28.1 Å². The third-order valence-corrected chi connectivity index (χ3v) is 5.20. The number of hydrogen-bond acceptors (Lipinski definition) is 7. The SMILES string of the molecule is CCn1c(Sc2ncnc3ccsc23)nnc1-c1ccco1. The maximum atomic E-state index is 5.43. The first kappa shape index (κ1) is 13.5. The number of furan rings is 1. The number of aromatic nitrogens is 5. The van der Waals surface area contributed by atoms with E-state index >= 15 is 0 Å². The van der Waals surface area contributed by atoms with E-state index in [4.69, 9.17) is 4.42 Å². The van der Waals surface area contributed by atoms with E-state index in [1.54, 1.807) is 23.9 Å². The molecule has 8 heteroatoms.